The van der Waals surface area contributed by atoms with Gasteiger partial charge in [0.1, 0.15) is 0 Å². The number of para-hydroxylation sites is 2. The van der Waals surface area contributed by atoms with Crippen molar-refractivity contribution in [2.75, 3.05) is 16.3 Å². The Morgan fingerprint density at radius 2 is 1.81 bits per heavy atom. The number of aromatic amines is 1. The molecule has 1 heterocycles. The van der Waals surface area contributed by atoms with Gasteiger partial charge in [-0.2, -0.15) is 0 Å². The topological polar surface area (TPSA) is 108 Å². The summed E-state index contributed by atoms with van der Waals surface area (Å²) in [6, 6.07) is 8.97. The van der Waals surface area contributed by atoms with E-state index in [1.807, 2.05) is 0 Å². The number of benzene rings is 1. The van der Waals surface area contributed by atoms with Crippen LogP contribution in [0.2, 0.25) is 0 Å². The molecule has 0 saturated carbocycles. The van der Waals surface area contributed by atoms with Crippen LogP contribution in [0, 0.1) is 0 Å². The number of carbonyl (C=O) groups excluding carboxylic acids is 1. The van der Waals surface area contributed by atoms with Crippen molar-refractivity contribution in [1.82, 2.24) is 4.98 Å². The number of carbonyl (C=O) groups is 1. The van der Waals surface area contributed by atoms with Gasteiger partial charge in [-0.05, 0) is 18.2 Å². The third-order valence-electron chi connectivity index (χ3n) is 2.51. The molecule has 0 atom stereocenters. The molecule has 2 rings (SSSR count). The molecule has 0 aliphatic heterocycles. The van der Waals surface area contributed by atoms with Crippen LogP contribution in [0.3, 0.4) is 0 Å². The van der Waals surface area contributed by atoms with Gasteiger partial charge in [0, 0.05) is 17.8 Å². The number of nitrogens with one attached hydrogen (secondary N) is 3. The second kappa shape index (κ2) is 5.80. The molecule has 1 amide bonds. The van der Waals surface area contributed by atoms with Gasteiger partial charge in [0.15, 0.2) is 0 Å². The van der Waals surface area contributed by atoms with Crippen LogP contribution >= 0.6 is 0 Å². The second-order valence-corrected chi connectivity index (χ2v) is 6.06. The number of hydrogen-bond acceptors (Lipinski definition) is 4. The zero-order valence-electron chi connectivity index (χ0n) is 11.1. The molecule has 0 bridgehead atoms. The van der Waals surface area contributed by atoms with Crippen LogP contribution in [0.5, 0.6) is 0 Å². The Labute approximate surface area is 121 Å². The van der Waals surface area contributed by atoms with E-state index < -0.39 is 21.5 Å². The maximum atomic E-state index is 12.0. The molecule has 0 saturated heterocycles. The molecule has 0 radical (unpaired) electrons. The first kappa shape index (κ1) is 14.8. The van der Waals surface area contributed by atoms with Crippen molar-refractivity contribution < 1.29 is 13.2 Å². The molecule has 8 heteroatoms. The van der Waals surface area contributed by atoms with Gasteiger partial charge < -0.3 is 10.3 Å². The van der Waals surface area contributed by atoms with Crippen LogP contribution in [0.1, 0.15) is 10.4 Å². The monoisotopic (exact) mass is 307 g/mol. The number of aromatic nitrogens is 1. The van der Waals surface area contributed by atoms with Crippen molar-refractivity contribution in [3.63, 3.8) is 0 Å². The van der Waals surface area contributed by atoms with Gasteiger partial charge in [0.25, 0.3) is 5.91 Å². The Balaban J connectivity index is 2.28. The van der Waals surface area contributed by atoms with Crippen molar-refractivity contribution in [2.24, 2.45) is 0 Å². The highest BCUT2D eigenvalue weighted by Crippen LogP contribution is 2.22. The van der Waals surface area contributed by atoms with Gasteiger partial charge in [-0.25, -0.2) is 8.42 Å². The molecule has 0 aliphatic rings. The first-order valence-electron chi connectivity index (χ1n) is 5.92. The highest BCUT2D eigenvalue weighted by atomic mass is 32.2. The first-order chi connectivity index (χ1) is 9.85. The molecule has 110 valence electrons. The smallest absolute Gasteiger partial charge is 0.255 e. The van der Waals surface area contributed by atoms with Gasteiger partial charge in [-0.1, -0.05) is 12.1 Å². The molecule has 2 aromatic rings. The second-order valence-electron chi connectivity index (χ2n) is 4.32. The minimum absolute atomic E-state index is 0.174. The standard InChI is InChI=1S/C13H13N3O4S/c1-21(19,20)16-11-5-3-2-4-10(11)15-13(18)9-6-7-14-12(17)8-9/h2-8,16H,1H3,(H,14,17)(H,15,18). The lowest BCUT2D eigenvalue weighted by molar-refractivity contribution is 0.102. The van der Waals surface area contributed by atoms with Crippen LogP contribution in [0.15, 0.2) is 47.4 Å². The minimum atomic E-state index is -3.46. The highest BCUT2D eigenvalue weighted by molar-refractivity contribution is 7.92. The van der Waals surface area contributed by atoms with Crippen molar-refractivity contribution in [3.05, 3.63) is 58.5 Å². The van der Waals surface area contributed by atoms with Crippen molar-refractivity contribution >= 4 is 27.3 Å². The number of rotatable bonds is 4. The first-order valence-corrected chi connectivity index (χ1v) is 7.81. The molecule has 1 aromatic carbocycles. The Morgan fingerprint density at radius 1 is 1.14 bits per heavy atom. The van der Waals surface area contributed by atoms with Gasteiger partial charge in [-0.3, -0.25) is 14.3 Å². The lowest BCUT2D eigenvalue weighted by Crippen LogP contribution is -2.17. The molecule has 0 aliphatic carbocycles. The minimum Gasteiger partial charge on any atom is -0.329 e. The van der Waals surface area contributed by atoms with Crippen LogP contribution in [0.4, 0.5) is 11.4 Å². The van der Waals surface area contributed by atoms with E-state index >= 15 is 0 Å². The van der Waals surface area contributed by atoms with Crippen molar-refractivity contribution in [2.45, 2.75) is 0 Å². The summed E-state index contributed by atoms with van der Waals surface area (Å²) in [5.41, 5.74) is 0.324. The van der Waals surface area contributed by atoms with Gasteiger partial charge >= 0.3 is 0 Å². The fourth-order valence-corrected chi connectivity index (χ4v) is 2.24. The quantitative estimate of drug-likeness (QED) is 0.783. The van der Waals surface area contributed by atoms with E-state index in [0.29, 0.717) is 5.69 Å². The molecule has 0 spiro atoms. The Hall–Kier alpha value is -2.61. The summed E-state index contributed by atoms with van der Waals surface area (Å²) in [7, 11) is -3.46. The fourth-order valence-electron chi connectivity index (χ4n) is 1.66. The fraction of sp³-hybridized carbons (Fsp3) is 0.0769. The predicted molar refractivity (Wildman–Crippen MR) is 79.9 cm³/mol. The Bertz CT molecular complexity index is 827. The van der Waals surface area contributed by atoms with Crippen molar-refractivity contribution in [1.29, 1.82) is 0 Å². The van der Waals surface area contributed by atoms with Crippen LogP contribution in [0.25, 0.3) is 0 Å². The third-order valence-corrected chi connectivity index (χ3v) is 3.10. The molecular formula is C13H13N3O4S. The zero-order valence-corrected chi connectivity index (χ0v) is 11.9. The summed E-state index contributed by atoms with van der Waals surface area (Å²) in [5, 5.41) is 2.56. The number of sulfonamides is 1. The summed E-state index contributed by atoms with van der Waals surface area (Å²) < 4.78 is 24.9. The van der Waals surface area contributed by atoms with Crippen LogP contribution in [-0.2, 0) is 10.0 Å². The normalized spacial score (nSPS) is 10.9. The average molecular weight is 307 g/mol. The predicted octanol–water partition coefficient (Wildman–Crippen LogP) is 0.999. The number of anilines is 2. The van der Waals surface area contributed by atoms with E-state index in [1.54, 1.807) is 18.2 Å². The van der Waals surface area contributed by atoms with Gasteiger partial charge in [0.05, 0.1) is 17.6 Å². The van der Waals surface area contributed by atoms with E-state index in [9.17, 15) is 18.0 Å². The molecule has 3 N–H and O–H groups in total. The lowest BCUT2D eigenvalue weighted by Gasteiger charge is -2.11. The van der Waals surface area contributed by atoms with Crippen LogP contribution in [-0.4, -0.2) is 25.6 Å². The summed E-state index contributed by atoms with van der Waals surface area (Å²) in [4.78, 5) is 25.6. The Morgan fingerprint density at radius 3 is 2.43 bits per heavy atom. The zero-order chi connectivity index (χ0) is 15.5. The number of amides is 1. The summed E-state index contributed by atoms with van der Waals surface area (Å²) in [6.07, 6.45) is 2.38. The van der Waals surface area contributed by atoms with E-state index in [2.05, 4.69) is 15.0 Å². The average Bonchev–Trinajstić information content (AvgIpc) is 2.39. The molecule has 21 heavy (non-hydrogen) atoms. The highest BCUT2D eigenvalue weighted by Gasteiger charge is 2.11. The third kappa shape index (κ3) is 4.18. The van der Waals surface area contributed by atoms with Gasteiger partial charge in [0.2, 0.25) is 15.6 Å². The number of H-pyrrole nitrogens is 1. The number of hydrogen-bond donors (Lipinski definition) is 3. The van der Waals surface area contributed by atoms with E-state index in [0.717, 1.165) is 12.3 Å². The van der Waals surface area contributed by atoms with E-state index in [4.69, 9.17) is 0 Å². The van der Waals surface area contributed by atoms with E-state index in [1.165, 1.54) is 18.3 Å². The summed E-state index contributed by atoms with van der Waals surface area (Å²) in [6.45, 7) is 0. The maximum Gasteiger partial charge on any atom is 0.255 e. The van der Waals surface area contributed by atoms with Crippen LogP contribution < -0.4 is 15.6 Å². The molecule has 0 unspecified atom stereocenters. The maximum absolute atomic E-state index is 12.0. The Kier molecular flexibility index (Phi) is 4.08. The van der Waals surface area contributed by atoms with E-state index in [-0.39, 0.29) is 11.3 Å². The van der Waals surface area contributed by atoms with Gasteiger partial charge in [-0.15, -0.1) is 0 Å². The lowest BCUT2D eigenvalue weighted by atomic mass is 10.2. The molecular weight excluding hydrogens is 294 g/mol. The molecule has 1 aromatic heterocycles. The van der Waals surface area contributed by atoms with Crippen molar-refractivity contribution in [3.8, 4) is 0 Å². The number of pyridine rings is 1. The summed E-state index contributed by atoms with van der Waals surface area (Å²) >= 11 is 0. The largest absolute Gasteiger partial charge is 0.329 e. The molecule has 7 nitrogen and oxygen atoms in total. The summed E-state index contributed by atoms with van der Waals surface area (Å²) in [5.74, 6) is -0.510. The SMILES string of the molecule is CS(=O)(=O)Nc1ccccc1NC(=O)c1cc[nH]c(=O)c1. The molecule has 0 fully saturated rings.